The second kappa shape index (κ2) is 6.86. The van der Waals surface area contributed by atoms with Crippen molar-refractivity contribution < 1.29 is 0 Å². The predicted octanol–water partition coefficient (Wildman–Crippen LogP) is 4.27. The molecule has 0 N–H and O–H groups in total. The number of aromatic nitrogens is 1. The summed E-state index contributed by atoms with van der Waals surface area (Å²) in [6, 6.07) is 10.3. The number of anilines is 1. The van der Waals surface area contributed by atoms with Crippen LogP contribution in [0.5, 0.6) is 0 Å². The molecule has 0 bridgehead atoms. The smallest absolute Gasteiger partial charge is 0.0441 e. The summed E-state index contributed by atoms with van der Waals surface area (Å²) in [5.74, 6) is 0. The Hall–Kier alpha value is -1.29. The van der Waals surface area contributed by atoms with E-state index in [-0.39, 0.29) is 0 Å². The van der Waals surface area contributed by atoms with Gasteiger partial charge in [-0.05, 0) is 36.8 Å². The van der Waals surface area contributed by atoms with Crippen LogP contribution in [0.25, 0.3) is 0 Å². The van der Waals surface area contributed by atoms with Crippen molar-refractivity contribution >= 4 is 28.9 Å². The average Bonchev–Trinajstić information content (AvgIpc) is 2.54. The van der Waals surface area contributed by atoms with Crippen molar-refractivity contribution in [3.63, 3.8) is 0 Å². The molecule has 22 heavy (non-hydrogen) atoms. The predicted molar refractivity (Wildman–Crippen MR) is 92.9 cm³/mol. The number of hydrogen-bond acceptors (Lipinski definition) is 3. The van der Waals surface area contributed by atoms with Crippen LogP contribution in [0.15, 0.2) is 42.7 Å². The first-order chi connectivity index (χ1) is 10.6. The Labute approximate surface area is 141 Å². The summed E-state index contributed by atoms with van der Waals surface area (Å²) < 4.78 is 0. The molecule has 2 aromatic rings. The lowest BCUT2D eigenvalue weighted by molar-refractivity contribution is 0.198. The highest BCUT2D eigenvalue weighted by molar-refractivity contribution is 6.35. The molecule has 0 saturated carbocycles. The summed E-state index contributed by atoms with van der Waals surface area (Å²) in [5.41, 5.74) is 2.37. The van der Waals surface area contributed by atoms with Gasteiger partial charge in [0, 0.05) is 60.3 Å². The summed E-state index contributed by atoms with van der Waals surface area (Å²) in [5, 5.41) is 1.38. The lowest BCUT2D eigenvalue weighted by atomic mass is 10.1. The van der Waals surface area contributed by atoms with E-state index in [1.807, 2.05) is 30.6 Å². The molecule has 1 aromatic heterocycles. The van der Waals surface area contributed by atoms with Gasteiger partial charge >= 0.3 is 0 Å². The molecule has 1 atom stereocenters. The van der Waals surface area contributed by atoms with Gasteiger partial charge in [-0.3, -0.25) is 9.88 Å². The zero-order chi connectivity index (χ0) is 15.5. The molecule has 2 heterocycles. The third-order valence-electron chi connectivity index (χ3n) is 4.24. The number of nitrogens with zero attached hydrogens (tertiary/aromatic N) is 3. The van der Waals surface area contributed by atoms with Crippen LogP contribution in [0, 0.1) is 0 Å². The first-order valence-electron chi connectivity index (χ1n) is 7.48. The first kappa shape index (κ1) is 15.6. The van der Waals surface area contributed by atoms with Crippen LogP contribution in [0.2, 0.25) is 10.0 Å². The summed E-state index contributed by atoms with van der Waals surface area (Å²) in [4.78, 5) is 9.04. The molecule has 1 saturated heterocycles. The minimum Gasteiger partial charge on any atom is -0.369 e. The quantitative estimate of drug-likeness (QED) is 0.834. The van der Waals surface area contributed by atoms with Gasteiger partial charge in [-0.15, -0.1) is 0 Å². The van der Waals surface area contributed by atoms with Crippen molar-refractivity contribution in [3.05, 3.63) is 58.3 Å². The van der Waals surface area contributed by atoms with Crippen LogP contribution in [0.3, 0.4) is 0 Å². The van der Waals surface area contributed by atoms with Crippen LogP contribution in [0.1, 0.15) is 18.5 Å². The number of rotatable bonds is 3. The molecular weight excluding hydrogens is 317 g/mol. The average molecular weight is 336 g/mol. The van der Waals surface area contributed by atoms with E-state index >= 15 is 0 Å². The maximum atomic E-state index is 6.10. The van der Waals surface area contributed by atoms with Gasteiger partial charge in [0.2, 0.25) is 0 Å². The van der Waals surface area contributed by atoms with E-state index in [2.05, 4.69) is 27.8 Å². The molecule has 0 spiro atoms. The molecule has 1 unspecified atom stereocenters. The molecule has 5 heteroatoms. The van der Waals surface area contributed by atoms with Gasteiger partial charge in [-0.25, -0.2) is 0 Å². The zero-order valence-corrected chi connectivity index (χ0v) is 14.1. The summed E-state index contributed by atoms with van der Waals surface area (Å²) in [6.07, 6.45) is 3.77. The monoisotopic (exact) mass is 335 g/mol. The van der Waals surface area contributed by atoms with Gasteiger partial charge < -0.3 is 4.90 Å². The third kappa shape index (κ3) is 3.54. The molecule has 0 aliphatic carbocycles. The normalized spacial score (nSPS) is 17.5. The Balaban J connectivity index is 1.65. The largest absolute Gasteiger partial charge is 0.369 e. The highest BCUT2D eigenvalue weighted by Gasteiger charge is 2.22. The van der Waals surface area contributed by atoms with Crippen LogP contribution >= 0.6 is 23.2 Å². The molecule has 1 fully saturated rings. The van der Waals surface area contributed by atoms with Crippen LogP contribution in [-0.4, -0.2) is 36.1 Å². The number of halogens is 2. The van der Waals surface area contributed by atoms with E-state index in [9.17, 15) is 0 Å². The van der Waals surface area contributed by atoms with E-state index in [4.69, 9.17) is 23.2 Å². The van der Waals surface area contributed by atoms with E-state index in [1.165, 1.54) is 5.56 Å². The fourth-order valence-corrected chi connectivity index (χ4v) is 3.44. The molecule has 0 radical (unpaired) electrons. The Bertz CT molecular complexity index is 605. The van der Waals surface area contributed by atoms with Gasteiger partial charge in [0.1, 0.15) is 0 Å². The minimum absolute atomic E-state index is 0.388. The van der Waals surface area contributed by atoms with Crippen molar-refractivity contribution in [2.45, 2.75) is 13.0 Å². The Morgan fingerprint density at radius 2 is 1.73 bits per heavy atom. The van der Waals surface area contributed by atoms with E-state index in [0.29, 0.717) is 16.1 Å². The SMILES string of the molecule is CC(c1cccnc1)N1CCN(c2cc(Cl)cc(Cl)c2)CC1. The van der Waals surface area contributed by atoms with Gasteiger partial charge in [0.15, 0.2) is 0 Å². The maximum Gasteiger partial charge on any atom is 0.0441 e. The van der Waals surface area contributed by atoms with Crippen molar-refractivity contribution in [1.82, 2.24) is 9.88 Å². The summed E-state index contributed by atoms with van der Waals surface area (Å²) >= 11 is 12.2. The number of hydrogen-bond donors (Lipinski definition) is 0. The molecule has 3 rings (SSSR count). The molecule has 1 aromatic carbocycles. The minimum atomic E-state index is 0.388. The lowest BCUT2D eigenvalue weighted by Crippen LogP contribution is -2.47. The third-order valence-corrected chi connectivity index (χ3v) is 4.68. The topological polar surface area (TPSA) is 19.4 Å². The van der Waals surface area contributed by atoms with Gasteiger partial charge in [-0.1, -0.05) is 29.3 Å². The highest BCUT2D eigenvalue weighted by atomic mass is 35.5. The highest BCUT2D eigenvalue weighted by Crippen LogP contribution is 2.28. The van der Waals surface area contributed by atoms with E-state index in [0.717, 1.165) is 31.9 Å². The van der Waals surface area contributed by atoms with E-state index < -0.39 is 0 Å². The zero-order valence-electron chi connectivity index (χ0n) is 12.5. The Kier molecular flexibility index (Phi) is 4.87. The van der Waals surface area contributed by atoms with Gasteiger partial charge in [0.05, 0.1) is 0 Å². The fourth-order valence-electron chi connectivity index (χ4n) is 2.92. The molecule has 116 valence electrons. The molecular formula is C17H19Cl2N3. The Morgan fingerprint density at radius 3 is 2.32 bits per heavy atom. The molecule has 1 aliphatic heterocycles. The van der Waals surface area contributed by atoms with Crippen LogP contribution < -0.4 is 4.90 Å². The van der Waals surface area contributed by atoms with E-state index in [1.54, 1.807) is 6.07 Å². The van der Waals surface area contributed by atoms with Crippen molar-refractivity contribution in [3.8, 4) is 0 Å². The van der Waals surface area contributed by atoms with Crippen molar-refractivity contribution in [2.24, 2.45) is 0 Å². The number of pyridine rings is 1. The second-order valence-electron chi connectivity index (χ2n) is 5.61. The molecule has 1 aliphatic rings. The maximum absolute atomic E-state index is 6.10. The second-order valence-corrected chi connectivity index (χ2v) is 6.49. The Morgan fingerprint density at radius 1 is 1.05 bits per heavy atom. The van der Waals surface area contributed by atoms with Crippen molar-refractivity contribution in [1.29, 1.82) is 0 Å². The van der Waals surface area contributed by atoms with Gasteiger partial charge in [0.25, 0.3) is 0 Å². The lowest BCUT2D eigenvalue weighted by Gasteiger charge is -2.39. The molecule has 0 amide bonds. The first-order valence-corrected chi connectivity index (χ1v) is 8.24. The number of piperazine rings is 1. The standard InChI is InChI=1S/C17H19Cl2N3/c1-13(14-3-2-4-20-12-14)21-5-7-22(8-6-21)17-10-15(18)9-16(19)11-17/h2-4,9-13H,5-8H2,1H3. The van der Waals surface area contributed by atoms with Crippen LogP contribution in [0.4, 0.5) is 5.69 Å². The number of benzene rings is 1. The van der Waals surface area contributed by atoms with Crippen LogP contribution in [-0.2, 0) is 0 Å². The summed E-state index contributed by atoms with van der Waals surface area (Å²) in [7, 11) is 0. The van der Waals surface area contributed by atoms with Gasteiger partial charge in [-0.2, -0.15) is 0 Å². The summed E-state index contributed by atoms with van der Waals surface area (Å²) in [6.45, 7) is 6.21. The fraction of sp³-hybridized carbons (Fsp3) is 0.353. The van der Waals surface area contributed by atoms with Crippen molar-refractivity contribution in [2.75, 3.05) is 31.1 Å². The molecule has 3 nitrogen and oxygen atoms in total.